The average Bonchev–Trinajstić information content (AvgIpc) is 3.07. The highest BCUT2D eigenvalue weighted by Crippen LogP contribution is 2.30. The first-order valence-electron chi connectivity index (χ1n) is 7.47. The van der Waals surface area contributed by atoms with E-state index in [9.17, 15) is 9.59 Å². The van der Waals surface area contributed by atoms with Gasteiger partial charge in [-0.15, -0.1) is 10.2 Å². The summed E-state index contributed by atoms with van der Waals surface area (Å²) < 4.78 is 15.7. The minimum Gasteiger partial charge on any atom is -0.497 e. The number of hydrogen-bond donors (Lipinski definition) is 2. The monoisotopic (exact) mass is 398 g/mol. The normalized spacial score (nSPS) is 10.1. The zero-order valence-electron chi connectivity index (χ0n) is 14.4. The second-order valence-corrected chi connectivity index (χ2v) is 6.82. The van der Waals surface area contributed by atoms with Gasteiger partial charge in [0.15, 0.2) is 4.34 Å². The molecule has 0 aliphatic heterocycles. The predicted molar refractivity (Wildman–Crippen MR) is 99.5 cm³/mol. The molecule has 0 atom stereocenters. The number of nitrogens with zero attached hydrogens (tertiary/aromatic N) is 2. The molecule has 1 aromatic carbocycles. The van der Waals surface area contributed by atoms with E-state index in [-0.39, 0.29) is 18.3 Å². The molecule has 2 aromatic rings. The van der Waals surface area contributed by atoms with E-state index in [4.69, 9.17) is 14.2 Å². The van der Waals surface area contributed by atoms with Crippen LogP contribution in [0.3, 0.4) is 0 Å². The SMILES string of the molecule is CCOC(=O)Nc1nnc(SCC(=O)Nc2ccc(OC)cc2OC)s1. The quantitative estimate of drug-likeness (QED) is 0.516. The van der Waals surface area contributed by atoms with E-state index >= 15 is 0 Å². The minimum atomic E-state index is -0.593. The Kier molecular flexibility index (Phi) is 7.48. The number of ether oxygens (including phenoxy) is 3. The number of aromatic nitrogens is 2. The first kappa shape index (κ1) is 19.8. The van der Waals surface area contributed by atoms with Gasteiger partial charge in [-0.2, -0.15) is 0 Å². The highest BCUT2D eigenvalue weighted by atomic mass is 32.2. The molecule has 0 saturated heterocycles. The van der Waals surface area contributed by atoms with E-state index in [2.05, 4.69) is 20.8 Å². The summed E-state index contributed by atoms with van der Waals surface area (Å²) in [7, 11) is 3.06. The largest absolute Gasteiger partial charge is 0.497 e. The Bertz CT molecular complexity index is 768. The van der Waals surface area contributed by atoms with Crippen LogP contribution in [0.4, 0.5) is 15.6 Å². The summed E-state index contributed by atoms with van der Waals surface area (Å²) in [5, 5.41) is 13.3. The van der Waals surface area contributed by atoms with Crippen LogP contribution in [0.2, 0.25) is 0 Å². The third kappa shape index (κ3) is 5.77. The lowest BCUT2D eigenvalue weighted by Gasteiger charge is -2.11. The maximum absolute atomic E-state index is 12.1. The number of carbonyl (C=O) groups is 2. The summed E-state index contributed by atoms with van der Waals surface area (Å²) in [6, 6.07) is 5.11. The Labute approximate surface area is 158 Å². The highest BCUT2D eigenvalue weighted by molar-refractivity contribution is 8.01. The molecular weight excluding hydrogens is 380 g/mol. The molecular formula is C15H18N4O5S2. The van der Waals surface area contributed by atoms with E-state index in [1.165, 1.54) is 18.9 Å². The number of rotatable bonds is 8. The molecule has 0 unspecified atom stereocenters. The van der Waals surface area contributed by atoms with Crippen molar-refractivity contribution in [1.29, 1.82) is 0 Å². The van der Waals surface area contributed by atoms with Gasteiger partial charge < -0.3 is 19.5 Å². The second-order valence-electron chi connectivity index (χ2n) is 4.62. The second kappa shape index (κ2) is 9.82. The summed E-state index contributed by atoms with van der Waals surface area (Å²) in [6.07, 6.45) is -0.593. The molecule has 9 nitrogen and oxygen atoms in total. The Morgan fingerprint density at radius 2 is 2.00 bits per heavy atom. The van der Waals surface area contributed by atoms with Crippen LogP contribution in [0.25, 0.3) is 0 Å². The molecule has 0 aliphatic rings. The van der Waals surface area contributed by atoms with E-state index in [1.54, 1.807) is 32.2 Å². The van der Waals surface area contributed by atoms with Gasteiger partial charge in [0.1, 0.15) is 11.5 Å². The maximum Gasteiger partial charge on any atom is 0.413 e. The molecule has 0 saturated carbocycles. The van der Waals surface area contributed by atoms with Gasteiger partial charge in [-0.25, -0.2) is 4.79 Å². The molecule has 2 N–H and O–H groups in total. The fraction of sp³-hybridized carbons (Fsp3) is 0.333. The molecule has 2 rings (SSSR count). The number of amides is 2. The van der Waals surface area contributed by atoms with Crippen LogP contribution in [0, 0.1) is 0 Å². The molecule has 0 radical (unpaired) electrons. The van der Waals surface area contributed by atoms with Crippen LogP contribution in [0.5, 0.6) is 11.5 Å². The molecule has 11 heteroatoms. The van der Waals surface area contributed by atoms with Gasteiger partial charge in [0.2, 0.25) is 11.0 Å². The van der Waals surface area contributed by atoms with Crippen LogP contribution in [-0.4, -0.2) is 48.8 Å². The van der Waals surface area contributed by atoms with Crippen molar-refractivity contribution < 1.29 is 23.8 Å². The summed E-state index contributed by atoms with van der Waals surface area (Å²) in [4.78, 5) is 23.4. The Morgan fingerprint density at radius 3 is 2.69 bits per heavy atom. The molecule has 0 fully saturated rings. The third-order valence-corrected chi connectivity index (χ3v) is 4.87. The topological polar surface area (TPSA) is 112 Å². The van der Waals surface area contributed by atoms with Crippen molar-refractivity contribution in [3.63, 3.8) is 0 Å². The lowest BCUT2D eigenvalue weighted by molar-refractivity contribution is -0.113. The van der Waals surface area contributed by atoms with Gasteiger partial charge in [-0.3, -0.25) is 10.1 Å². The fourth-order valence-electron chi connectivity index (χ4n) is 1.79. The van der Waals surface area contributed by atoms with Crippen molar-refractivity contribution in [2.75, 3.05) is 37.2 Å². The average molecular weight is 398 g/mol. The van der Waals surface area contributed by atoms with Gasteiger partial charge in [0.25, 0.3) is 0 Å². The molecule has 0 bridgehead atoms. The summed E-state index contributed by atoms with van der Waals surface area (Å²) in [5.74, 6) is 1.03. The van der Waals surface area contributed by atoms with Crippen LogP contribution < -0.4 is 20.1 Å². The number of carbonyl (C=O) groups excluding carboxylic acids is 2. The van der Waals surface area contributed by atoms with Gasteiger partial charge in [0, 0.05) is 6.07 Å². The van der Waals surface area contributed by atoms with Gasteiger partial charge in [-0.1, -0.05) is 23.1 Å². The Hall–Kier alpha value is -2.53. The van der Waals surface area contributed by atoms with E-state index in [1.807, 2.05) is 0 Å². The molecule has 1 aromatic heterocycles. The first-order chi connectivity index (χ1) is 12.5. The van der Waals surface area contributed by atoms with Crippen LogP contribution in [0.1, 0.15) is 6.92 Å². The van der Waals surface area contributed by atoms with Crippen molar-refractivity contribution >= 4 is 45.9 Å². The van der Waals surface area contributed by atoms with Crippen molar-refractivity contribution in [1.82, 2.24) is 10.2 Å². The van der Waals surface area contributed by atoms with Crippen molar-refractivity contribution in [2.45, 2.75) is 11.3 Å². The Balaban J connectivity index is 1.87. The summed E-state index contributed by atoms with van der Waals surface area (Å²) in [6.45, 7) is 1.97. The van der Waals surface area contributed by atoms with E-state index in [0.29, 0.717) is 26.7 Å². The van der Waals surface area contributed by atoms with Crippen molar-refractivity contribution in [3.05, 3.63) is 18.2 Å². The maximum atomic E-state index is 12.1. The van der Waals surface area contributed by atoms with Gasteiger partial charge in [-0.05, 0) is 19.1 Å². The predicted octanol–water partition coefficient (Wildman–Crippen LogP) is 2.85. The Morgan fingerprint density at radius 1 is 1.19 bits per heavy atom. The smallest absolute Gasteiger partial charge is 0.413 e. The molecule has 0 aliphatic carbocycles. The van der Waals surface area contributed by atoms with E-state index in [0.717, 1.165) is 11.3 Å². The van der Waals surface area contributed by atoms with Crippen molar-refractivity contribution in [3.8, 4) is 11.5 Å². The molecule has 26 heavy (non-hydrogen) atoms. The van der Waals surface area contributed by atoms with Gasteiger partial charge >= 0.3 is 6.09 Å². The molecule has 1 heterocycles. The van der Waals surface area contributed by atoms with Crippen LogP contribution in [0.15, 0.2) is 22.5 Å². The number of nitrogens with one attached hydrogen (secondary N) is 2. The zero-order valence-corrected chi connectivity index (χ0v) is 16.0. The fourth-order valence-corrected chi connectivity index (χ4v) is 3.33. The van der Waals surface area contributed by atoms with Crippen LogP contribution >= 0.6 is 23.1 Å². The number of thioether (sulfide) groups is 1. The molecule has 0 spiro atoms. The lowest BCUT2D eigenvalue weighted by Crippen LogP contribution is -2.14. The van der Waals surface area contributed by atoms with Crippen molar-refractivity contribution in [2.24, 2.45) is 0 Å². The van der Waals surface area contributed by atoms with E-state index < -0.39 is 6.09 Å². The number of hydrogen-bond acceptors (Lipinski definition) is 9. The molecule has 140 valence electrons. The number of methoxy groups -OCH3 is 2. The standard InChI is InChI=1S/C15H18N4O5S2/c1-4-24-14(21)17-13-18-19-15(26-13)25-8-12(20)16-10-6-5-9(22-2)7-11(10)23-3/h5-7H,4,8H2,1-3H3,(H,16,20)(H,17,18,21). The molecule has 2 amide bonds. The van der Waals surface area contributed by atoms with Gasteiger partial charge in [0.05, 0.1) is 32.3 Å². The lowest BCUT2D eigenvalue weighted by atomic mass is 10.2. The number of anilines is 2. The third-order valence-electron chi connectivity index (χ3n) is 2.90. The zero-order chi connectivity index (χ0) is 18.9. The summed E-state index contributed by atoms with van der Waals surface area (Å²) >= 11 is 2.36. The van der Waals surface area contributed by atoms with Crippen LogP contribution in [-0.2, 0) is 9.53 Å². The first-order valence-corrected chi connectivity index (χ1v) is 9.27. The highest BCUT2D eigenvalue weighted by Gasteiger charge is 2.12. The minimum absolute atomic E-state index is 0.128. The number of benzene rings is 1. The summed E-state index contributed by atoms with van der Waals surface area (Å²) in [5.41, 5.74) is 0.542.